The second kappa shape index (κ2) is 5.18. The van der Waals surface area contributed by atoms with E-state index in [9.17, 15) is 4.79 Å². The first-order chi connectivity index (χ1) is 6.20. The van der Waals surface area contributed by atoms with Gasteiger partial charge in [-0.25, -0.2) is 0 Å². The highest BCUT2D eigenvalue weighted by molar-refractivity contribution is 5.76. The van der Waals surface area contributed by atoms with Crippen molar-refractivity contribution in [2.45, 2.75) is 26.7 Å². The number of ketones is 1. The zero-order valence-electron chi connectivity index (χ0n) is 8.45. The van der Waals surface area contributed by atoms with Crippen LogP contribution in [0.25, 0.3) is 0 Å². The number of carbonyl (C=O) groups excluding carboxylic acids is 1. The molecule has 0 fully saturated rings. The summed E-state index contributed by atoms with van der Waals surface area (Å²) in [6.07, 6.45) is 6.68. The Hall–Kier alpha value is -0.630. The Bertz CT molecular complexity index is 196. The number of hydrogen-bond donors (Lipinski definition) is 0. The maximum absolute atomic E-state index is 10.6. The number of carbonyl (C=O) groups is 1. The first kappa shape index (κ1) is 10.5. The summed E-state index contributed by atoms with van der Waals surface area (Å²) < 4.78 is 5.32. The van der Waals surface area contributed by atoms with E-state index in [1.807, 2.05) is 0 Å². The van der Waals surface area contributed by atoms with Gasteiger partial charge < -0.3 is 4.74 Å². The van der Waals surface area contributed by atoms with E-state index < -0.39 is 0 Å². The molecule has 0 bridgehead atoms. The number of hydrogen-bond acceptors (Lipinski definition) is 2. The van der Waals surface area contributed by atoms with Crippen molar-refractivity contribution < 1.29 is 9.53 Å². The molecule has 2 heteroatoms. The SMILES string of the molecule is CC(=O)COCC1CC=CCC1C. The summed E-state index contributed by atoms with van der Waals surface area (Å²) in [5.74, 6) is 1.40. The van der Waals surface area contributed by atoms with Crippen molar-refractivity contribution in [3.63, 3.8) is 0 Å². The average Bonchev–Trinajstić information content (AvgIpc) is 2.08. The van der Waals surface area contributed by atoms with Crippen LogP contribution in [0.1, 0.15) is 26.7 Å². The molecule has 74 valence electrons. The highest BCUT2D eigenvalue weighted by Gasteiger charge is 2.18. The van der Waals surface area contributed by atoms with Crippen LogP contribution < -0.4 is 0 Å². The van der Waals surface area contributed by atoms with Gasteiger partial charge in [-0.05, 0) is 31.6 Å². The minimum atomic E-state index is 0.110. The fourth-order valence-electron chi connectivity index (χ4n) is 1.59. The normalized spacial score (nSPS) is 27.5. The molecule has 1 rings (SSSR count). The minimum absolute atomic E-state index is 0.110. The number of Topliss-reactive ketones (excluding diaryl/α,β-unsaturated/α-hetero) is 1. The van der Waals surface area contributed by atoms with E-state index in [2.05, 4.69) is 19.1 Å². The standard InChI is InChI=1S/C11H18O2/c1-9-5-3-4-6-11(9)8-13-7-10(2)12/h3-4,9,11H,5-8H2,1-2H3. The lowest BCUT2D eigenvalue weighted by molar-refractivity contribution is -0.122. The number of allylic oxidation sites excluding steroid dienone is 2. The fraction of sp³-hybridized carbons (Fsp3) is 0.727. The van der Waals surface area contributed by atoms with Crippen LogP contribution in [-0.2, 0) is 9.53 Å². The third kappa shape index (κ3) is 3.73. The molecule has 2 nitrogen and oxygen atoms in total. The van der Waals surface area contributed by atoms with Gasteiger partial charge in [-0.1, -0.05) is 19.1 Å². The van der Waals surface area contributed by atoms with Gasteiger partial charge in [0.1, 0.15) is 6.61 Å². The maximum atomic E-state index is 10.6. The van der Waals surface area contributed by atoms with Gasteiger partial charge in [-0.15, -0.1) is 0 Å². The van der Waals surface area contributed by atoms with Gasteiger partial charge in [-0.3, -0.25) is 4.79 Å². The molecule has 0 saturated carbocycles. The summed E-state index contributed by atoms with van der Waals surface area (Å²) in [5.41, 5.74) is 0. The van der Waals surface area contributed by atoms with E-state index in [0.29, 0.717) is 11.8 Å². The van der Waals surface area contributed by atoms with Crippen molar-refractivity contribution in [3.8, 4) is 0 Å². The summed E-state index contributed by atoms with van der Waals surface area (Å²) in [5, 5.41) is 0. The summed E-state index contributed by atoms with van der Waals surface area (Å²) in [6, 6.07) is 0. The topological polar surface area (TPSA) is 26.3 Å². The van der Waals surface area contributed by atoms with Crippen LogP contribution in [0.2, 0.25) is 0 Å². The van der Waals surface area contributed by atoms with Crippen LogP contribution in [0.4, 0.5) is 0 Å². The molecule has 0 aromatic rings. The molecule has 1 aliphatic rings. The van der Waals surface area contributed by atoms with Crippen molar-refractivity contribution in [2.75, 3.05) is 13.2 Å². The second-order valence-electron chi connectivity index (χ2n) is 3.90. The van der Waals surface area contributed by atoms with E-state index in [0.717, 1.165) is 19.4 Å². The summed E-state index contributed by atoms with van der Waals surface area (Å²) in [6.45, 7) is 4.80. The molecule has 0 N–H and O–H groups in total. The lowest BCUT2D eigenvalue weighted by Crippen LogP contribution is -2.21. The van der Waals surface area contributed by atoms with Gasteiger partial charge in [0.25, 0.3) is 0 Å². The van der Waals surface area contributed by atoms with Crippen molar-refractivity contribution in [2.24, 2.45) is 11.8 Å². The Balaban J connectivity index is 2.20. The lowest BCUT2D eigenvalue weighted by Gasteiger charge is -2.24. The van der Waals surface area contributed by atoms with Crippen LogP contribution in [0.5, 0.6) is 0 Å². The maximum Gasteiger partial charge on any atom is 0.155 e. The highest BCUT2D eigenvalue weighted by Crippen LogP contribution is 2.24. The smallest absolute Gasteiger partial charge is 0.155 e. The van der Waals surface area contributed by atoms with Crippen molar-refractivity contribution in [1.29, 1.82) is 0 Å². The third-order valence-corrected chi connectivity index (χ3v) is 2.56. The van der Waals surface area contributed by atoms with E-state index in [-0.39, 0.29) is 12.4 Å². The van der Waals surface area contributed by atoms with Crippen LogP contribution >= 0.6 is 0 Å². The zero-order valence-corrected chi connectivity index (χ0v) is 8.45. The predicted molar refractivity (Wildman–Crippen MR) is 52.5 cm³/mol. The van der Waals surface area contributed by atoms with E-state index >= 15 is 0 Å². The number of rotatable bonds is 4. The Morgan fingerprint density at radius 2 is 2.15 bits per heavy atom. The number of ether oxygens (including phenoxy) is 1. The Labute approximate surface area is 80.0 Å². The van der Waals surface area contributed by atoms with E-state index in [1.165, 1.54) is 0 Å². The molecule has 13 heavy (non-hydrogen) atoms. The van der Waals surface area contributed by atoms with E-state index in [1.54, 1.807) is 6.92 Å². The molecule has 2 atom stereocenters. The molecule has 2 unspecified atom stereocenters. The van der Waals surface area contributed by atoms with Crippen molar-refractivity contribution in [1.82, 2.24) is 0 Å². The Morgan fingerprint density at radius 1 is 1.46 bits per heavy atom. The van der Waals surface area contributed by atoms with Crippen molar-refractivity contribution in [3.05, 3.63) is 12.2 Å². The van der Waals surface area contributed by atoms with Crippen LogP contribution in [0, 0.1) is 11.8 Å². The monoisotopic (exact) mass is 182 g/mol. The van der Waals surface area contributed by atoms with Crippen LogP contribution in [0.15, 0.2) is 12.2 Å². The molecule has 0 aromatic heterocycles. The first-order valence-electron chi connectivity index (χ1n) is 4.92. The molecule has 0 spiro atoms. The molecule has 0 saturated heterocycles. The van der Waals surface area contributed by atoms with Gasteiger partial charge in [0, 0.05) is 0 Å². The molecule has 0 aromatic carbocycles. The van der Waals surface area contributed by atoms with Gasteiger partial charge >= 0.3 is 0 Å². The quantitative estimate of drug-likeness (QED) is 0.623. The summed E-state index contributed by atoms with van der Waals surface area (Å²) in [4.78, 5) is 10.6. The first-order valence-corrected chi connectivity index (χ1v) is 4.92. The molecular weight excluding hydrogens is 164 g/mol. The summed E-state index contributed by atoms with van der Waals surface area (Å²) >= 11 is 0. The van der Waals surface area contributed by atoms with Gasteiger partial charge in [0.05, 0.1) is 6.61 Å². The van der Waals surface area contributed by atoms with Crippen LogP contribution in [-0.4, -0.2) is 19.0 Å². The lowest BCUT2D eigenvalue weighted by atomic mass is 9.85. The second-order valence-corrected chi connectivity index (χ2v) is 3.90. The average molecular weight is 182 g/mol. The summed E-state index contributed by atoms with van der Waals surface area (Å²) in [7, 11) is 0. The molecular formula is C11H18O2. The third-order valence-electron chi connectivity index (χ3n) is 2.56. The molecule has 0 radical (unpaired) electrons. The minimum Gasteiger partial charge on any atom is -0.373 e. The Kier molecular flexibility index (Phi) is 4.16. The van der Waals surface area contributed by atoms with Gasteiger partial charge in [0.2, 0.25) is 0 Å². The highest BCUT2D eigenvalue weighted by atomic mass is 16.5. The fourth-order valence-corrected chi connectivity index (χ4v) is 1.59. The van der Waals surface area contributed by atoms with Crippen LogP contribution in [0.3, 0.4) is 0 Å². The van der Waals surface area contributed by atoms with Gasteiger partial charge in [-0.2, -0.15) is 0 Å². The Morgan fingerprint density at radius 3 is 2.77 bits per heavy atom. The molecule has 1 aliphatic carbocycles. The zero-order chi connectivity index (χ0) is 9.68. The molecule has 0 amide bonds. The van der Waals surface area contributed by atoms with Crippen molar-refractivity contribution >= 4 is 5.78 Å². The largest absolute Gasteiger partial charge is 0.373 e. The predicted octanol–water partition coefficient (Wildman–Crippen LogP) is 2.19. The molecule has 0 aliphatic heterocycles. The molecule has 0 heterocycles. The van der Waals surface area contributed by atoms with E-state index in [4.69, 9.17) is 4.74 Å². The van der Waals surface area contributed by atoms with Gasteiger partial charge in [0.15, 0.2) is 5.78 Å².